The summed E-state index contributed by atoms with van der Waals surface area (Å²) >= 11 is 0. The lowest BCUT2D eigenvalue weighted by atomic mass is 10.2. The molecule has 0 spiro atoms. The second-order valence-electron chi connectivity index (χ2n) is 5.91. The fourth-order valence-electron chi connectivity index (χ4n) is 2.33. The van der Waals surface area contributed by atoms with E-state index in [0.717, 1.165) is 12.8 Å². The molecule has 0 aromatic heterocycles. The Morgan fingerprint density at radius 3 is 2.48 bits per heavy atom. The summed E-state index contributed by atoms with van der Waals surface area (Å²) in [7, 11) is 0. The number of non-ortho nitro benzene ring substituents is 1. The van der Waals surface area contributed by atoms with E-state index in [1.807, 2.05) is 6.92 Å². The smallest absolute Gasteiger partial charge is 0.270 e. The number of benzene rings is 2. The van der Waals surface area contributed by atoms with E-state index in [9.17, 15) is 19.7 Å². The SMILES string of the molecule is CCCCC(=O)Nc1cccc(NC(=O)/C=C/c2cccc([N+](=O)[O-])c2)c1. The first-order valence-corrected chi connectivity index (χ1v) is 8.61. The molecular formula is C20H21N3O4. The number of hydrogen-bond donors (Lipinski definition) is 2. The van der Waals surface area contributed by atoms with Crippen LogP contribution in [0.5, 0.6) is 0 Å². The normalized spacial score (nSPS) is 10.6. The Kier molecular flexibility index (Phi) is 7.25. The average molecular weight is 367 g/mol. The third-order valence-corrected chi connectivity index (χ3v) is 3.68. The van der Waals surface area contributed by atoms with E-state index in [1.165, 1.54) is 24.3 Å². The molecule has 2 N–H and O–H groups in total. The minimum atomic E-state index is -0.488. The number of unbranched alkanes of at least 4 members (excludes halogenated alkanes) is 1. The number of carbonyl (C=O) groups is 2. The Hall–Kier alpha value is -3.48. The Morgan fingerprint density at radius 2 is 1.78 bits per heavy atom. The minimum Gasteiger partial charge on any atom is -0.326 e. The lowest BCUT2D eigenvalue weighted by molar-refractivity contribution is -0.384. The summed E-state index contributed by atoms with van der Waals surface area (Å²) in [5.41, 5.74) is 1.66. The molecule has 0 atom stereocenters. The van der Waals surface area contributed by atoms with Gasteiger partial charge in [-0.1, -0.05) is 31.5 Å². The average Bonchev–Trinajstić information content (AvgIpc) is 2.65. The fraction of sp³-hybridized carbons (Fsp3) is 0.200. The predicted octanol–water partition coefficient (Wildman–Crippen LogP) is 4.38. The highest BCUT2D eigenvalue weighted by molar-refractivity contribution is 6.02. The zero-order valence-electron chi connectivity index (χ0n) is 15.0. The van der Waals surface area contributed by atoms with Crippen molar-refractivity contribution in [1.82, 2.24) is 0 Å². The molecule has 0 heterocycles. The summed E-state index contributed by atoms with van der Waals surface area (Å²) in [5.74, 6) is -0.443. The van der Waals surface area contributed by atoms with E-state index in [1.54, 1.807) is 36.4 Å². The van der Waals surface area contributed by atoms with Crippen molar-refractivity contribution in [2.75, 3.05) is 10.6 Å². The van der Waals surface area contributed by atoms with Crippen molar-refractivity contribution in [1.29, 1.82) is 0 Å². The van der Waals surface area contributed by atoms with Crippen LogP contribution in [0.25, 0.3) is 6.08 Å². The number of nitro benzene ring substituents is 1. The van der Waals surface area contributed by atoms with Gasteiger partial charge in [0, 0.05) is 36.0 Å². The van der Waals surface area contributed by atoms with Crippen molar-refractivity contribution in [3.63, 3.8) is 0 Å². The molecule has 0 radical (unpaired) electrons. The maximum Gasteiger partial charge on any atom is 0.270 e. The van der Waals surface area contributed by atoms with E-state index in [0.29, 0.717) is 23.4 Å². The zero-order chi connectivity index (χ0) is 19.6. The fourth-order valence-corrected chi connectivity index (χ4v) is 2.33. The van der Waals surface area contributed by atoms with Crippen LogP contribution in [0.2, 0.25) is 0 Å². The number of rotatable bonds is 8. The van der Waals surface area contributed by atoms with Crippen LogP contribution in [0.15, 0.2) is 54.6 Å². The predicted molar refractivity (Wildman–Crippen MR) is 105 cm³/mol. The monoisotopic (exact) mass is 367 g/mol. The molecule has 0 fully saturated rings. The van der Waals surface area contributed by atoms with E-state index < -0.39 is 4.92 Å². The third-order valence-electron chi connectivity index (χ3n) is 3.68. The summed E-state index contributed by atoms with van der Waals surface area (Å²) in [6, 6.07) is 12.9. The topological polar surface area (TPSA) is 101 Å². The molecule has 2 rings (SSSR count). The number of hydrogen-bond acceptors (Lipinski definition) is 4. The first kappa shape index (κ1) is 19.8. The highest BCUT2D eigenvalue weighted by Gasteiger charge is 2.05. The first-order chi connectivity index (χ1) is 13.0. The molecule has 0 aliphatic heterocycles. The van der Waals surface area contributed by atoms with Gasteiger partial charge in [0.25, 0.3) is 5.69 Å². The Balaban J connectivity index is 1.97. The summed E-state index contributed by atoms with van der Waals surface area (Å²) < 4.78 is 0. The highest BCUT2D eigenvalue weighted by Crippen LogP contribution is 2.17. The molecule has 0 saturated heterocycles. The van der Waals surface area contributed by atoms with Crippen molar-refractivity contribution in [3.05, 3.63) is 70.3 Å². The molecule has 0 saturated carbocycles. The molecule has 140 valence electrons. The Bertz CT molecular complexity index is 862. The summed E-state index contributed by atoms with van der Waals surface area (Å²) in [4.78, 5) is 34.1. The molecule has 0 bridgehead atoms. The number of amides is 2. The molecule has 27 heavy (non-hydrogen) atoms. The summed E-state index contributed by atoms with van der Waals surface area (Å²) in [6.45, 7) is 2.02. The summed E-state index contributed by atoms with van der Waals surface area (Å²) in [6.07, 6.45) is 5.02. The maximum atomic E-state index is 12.1. The van der Waals surface area contributed by atoms with Gasteiger partial charge in [-0.05, 0) is 36.3 Å². The van der Waals surface area contributed by atoms with Gasteiger partial charge in [-0.3, -0.25) is 19.7 Å². The number of carbonyl (C=O) groups excluding carboxylic acids is 2. The van der Waals surface area contributed by atoms with Crippen molar-refractivity contribution >= 4 is 35.0 Å². The van der Waals surface area contributed by atoms with Gasteiger partial charge in [0.05, 0.1) is 4.92 Å². The largest absolute Gasteiger partial charge is 0.326 e. The highest BCUT2D eigenvalue weighted by atomic mass is 16.6. The van der Waals surface area contributed by atoms with Gasteiger partial charge < -0.3 is 10.6 Å². The van der Waals surface area contributed by atoms with Gasteiger partial charge >= 0.3 is 0 Å². The molecule has 2 amide bonds. The minimum absolute atomic E-state index is 0.0379. The molecule has 0 aliphatic rings. The number of nitrogens with one attached hydrogen (secondary N) is 2. The number of anilines is 2. The lowest BCUT2D eigenvalue weighted by Gasteiger charge is -2.07. The van der Waals surface area contributed by atoms with Gasteiger partial charge in [-0.15, -0.1) is 0 Å². The van der Waals surface area contributed by atoms with Crippen LogP contribution in [0, 0.1) is 10.1 Å². The number of nitro groups is 1. The van der Waals surface area contributed by atoms with Crippen molar-refractivity contribution in [2.45, 2.75) is 26.2 Å². The first-order valence-electron chi connectivity index (χ1n) is 8.61. The molecule has 0 aliphatic carbocycles. The maximum absolute atomic E-state index is 12.1. The van der Waals surface area contributed by atoms with Crippen LogP contribution < -0.4 is 10.6 Å². The third kappa shape index (κ3) is 6.74. The zero-order valence-corrected chi connectivity index (χ0v) is 15.0. The molecular weight excluding hydrogens is 346 g/mol. The molecule has 0 unspecified atom stereocenters. The van der Waals surface area contributed by atoms with E-state index in [2.05, 4.69) is 10.6 Å². The van der Waals surface area contributed by atoms with Crippen LogP contribution in [0.3, 0.4) is 0 Å². The van der Waals surface area contributed by atoms with Crippen LogP contribution >= 0.6 is 0 Å². The van der Waals surface area contributed by atoms with Crippen molar-refractivity contribution in [3.8, 4) is 0 Å². The van der Waals surface area contributed by atoms with E-state index in [-0.39, 0.29) is 17.5 Å². The Morgan fingerprint density at radius 1 is 1.07 bits per heavy atom. The van der Waals surface area contributed by atoms with Gasteiger partial charge in [0.15, 0.2) is 0 Å². The molecule has 2 aromatic carbocycles. The quantitative estimate of drug-likeness (QED) is 0.411. The number of nitrogens with zero attached hydrogens (tertiary/aromatic N) is 1. The van der Waals surface area contributed by atoms with Crippen LogP contribution in [-0.4, -0.2) is 16.7 Å². The van der Waals surface area contributed by atoms with Gasteiger partial charge in [-0.25, -0.2) is 0 Å². The molecule has 2 aromatic rings. The van der Waals surface area contributed by atoms with Gasteiger partial charge in [0.2, 0.25) is 11.8 Å². The van der Waals surface area contributed by atoms with Gasteiger partial charge in [0.1, 0.15) is 0 Å². The standard InChI is InChI=1S/C20H21N3O4/c1-2-3-10-19(24)21-16-7-5-8-17(14-16)22-20(25)12-11-15-6-4-9-18(13-15)23(26)27/h4-9,11-14H,2-3,10H2,1H3,(H,21,24)(H,22,25)/b12-11+. The summed E-state index contributed by atoms with van der Waals surface area (Å²) in [5, 5.41) is 16.3. The van der Waals surface area contributed by atoms with Crippen LogP contribution in [0.4, 0.5) is 17.1 Å². The second-order valence-corrected chi connectivity index (χ2v) is 5.91. The van der Waals surface area contributed by atoms with E-state index >= 15 is 0 Å². The van der Waals surface area contributed by atoms with Crippen LogP contribution in [0.1, 0.15) is 31.7 Å². The van der Waals surface area contributed by atoms with Crippen LogP contribution in [-0.2, 0) is 9.59 Å². The Labute approximate surface area is 157 Å². The lowest BCUT2D eigenvalue weighted by Crippen LogP contribution is -2.12. The van der Waals surface area contributed by atoms with E-state index in [4.69, 9.17) is 0 Å². The van der Waals surface area contributed by atoms with Crippen molar-refractivity contribution in [2.24, 2.45) is 0 Å². The van der Waals surface area contributed by atoms with Crippen molar-refractivity contribution < 1.29 is 14.5 Å². The molecule has 7 heteroatoms. The van der Waals surface area contributed by atoms with Gasteiger partial charge in [-0.2, -0.15) is 0 Å². The molecule has 7 nitrogen and oxygen atoms in total. The second kappa shape index (κ2) is 9.86.